The Bertz CT molecular complexity index is 588. The third-order valence-electron chi connectivity index (χ3n) is 4.65. The predicted octanol–water partition coefficient (Wildman–Crippen LogP) is 2.25. The van der Waals surface area contributed by atoms with E-state index in [1.165, 1.54) is 0 Å². The lowest BCUT2D eigenvalue weighted by Crippen LogP contribution is -2.49. The van der Waals surface area contributed by atoms with Gasteiger partial charge in [0.15, 0.2) is 0 Å². The van der Waals surface area contributed by atoms with Crippen LogP contribution in [0.5, 0.6) is 5.75 Å². The summed E-state index contributed by atoms with van der Waals surface area (Å²) in [5.41, 5.74) is 0.567. The van der Waals surface area contributed by atoms with Gasteiger partial charge in [-0.3, -0.25) is 9.69 Å². The highest BCUT2D eigenvalue weighted by Gasteiger charge is 2.32. The number of benzene rings is 1. The fourth-order valence-electron chi connectivity index (χ4n) is 3.47. The molecule has 0 bridgehead atoms. The van der Waals surface area contributed by atoms with Crippen molar-refractivity contribution < 1.29 is 9.53 Å². The third-order valence-corrected chi connectivity index (χ3v) is 4.89. The Labute approximate surface area is 148 Å². The number of piperazine rings is 1. The van der Waals surface area contributed by atoms with E-state index in [1.807, 2.05) is 18.7 Å². The molecule has 2 saturated heterocycles. The van der Waals surface area contributed by atoms with Gasteiger partial charge in [-0.25, -0.2) is 0 Å². The van der Waals surface area contributed by atoms with Gasteiger partial charge in [0.1, 0.15) is 5.75 Å². The minimum Gasteiger partial charge on any atom is -0.490 e. The molecule has 2 aliphatic heterocycles. The molecule has 2 fully saturated rings. The van der Waals surface area contributed by atoms with Gasteiger partial charge in [-0.05, 0) is 38.5 Å². The van der Waals surface area contributed by atoms with E-state index in [1.54, 1.807) is 18.2 Å². The van der Waals surface area contributed by atoms with Gasteiger partial charge in [0.05, 0.1) is 11.7 Å². The predicted molar refractivity (Wildman–Crippen MR) is 96.0 cm³/mol. The lowest BCUT2D eigenvalue weighted by atomic mass is 10.1. The molecule has 0 spiro atoms. The number of carbonyl (C=O) groups is 1. The number of carbonyl (C=O) groups excluding carboxylic acids is 1. The first-order valence-electron chi connectivity index (χ1n) is 8.75. The molecule has 6 heteroatoms. The summed E-state index contributed by atoms with van der Waals surface area (Å²) in [6, 6.07) is 5.74. The van der Waals surface area contributed by atoms with Crippen molar-refractivity contribution >= 4 is 17.5 Å². The van der Waals surface area contributed by atoms with Gasteiger partial charge in [-0.1, -0.05) is 11.6 Å². The Balaban J connectivity index is 1.71. The van der Waals surface area contributed by atoms with Crippen LogP contribution in [0.3, 0.4) is 0 Å². The molecular formula is C18H26ClN3O2. The Morgan fingerprint density at radius 3 is 2.75 bits per heavy atom. The summed E-state index contributed by atoms with van der Waals surface area (Å²) in [7, 11) is 0. The summed E-state index contributed by atoms with van der Waals surface area (Å²) in [5.74, 6) is 0.635. The zero-order valence-electron chi connectivity index (χ0n) is 14.4. The zero-order valence-corrected chi connectivity index (χ0v) is 15.2. The van der Waals surface area contributed by atoms with Crippen LogP contribution in [0.1, 0.15) is 30.6 Å². The van der Waals surface area contributed by atoms with E-state index in [0.29, 0.717) is 22.4 Å². The second-order valence-electron chi connectivity index (χ2n) is 6.79. The molecule has 132 valence electrons. The first-order chi connectivity index (χ1) is 11.5. The molecule has 24 heavy (non-hydrogen) atoms. The lowest BCUT2D eigenvalue weighted by Gasteiger charge is -2.32. The summed E-state index contributed by atoms with van der Waals surface area (Å²) in [6.07, 6.45) is 1.05. The van der Waals surface area contributed by atoms with Gasteiger partial charge in [0.25, 0.3) is 5.91 Å². The van der Waals surface area contributed by atoms with E-state index in [2.05, 4.69) is 10.2 Å². The van der Waals surface area contributed by atoms with Crippen molar-refractivity contribution in [3.63, 3.8) is 0 Å². The van der Waals surface area contributed by atoms with Gasteiger partial charge in [-0.15, -0.1) is 0 Å². The Morgan fingerprint density at radius 2 is 2.04 bits per heavy atom. The Morgan fingerprint density at radius 1 is 1.29 bits per heavy atom. The van der Waals surface area contributed by atoms with Gasteiger partial charge < -0.3 is 15.0 Å². The van der Waals surface area contributed by atoms with Gasteiger partial charge in [-0.2, -0.15) is 0 Å². The minimum atomic E-state index is 0.0184. The van der Waals surface area contributed by atoms with Crippen LogP contribution in [0.15, 0.2) is 18.2 Å². The quantitative estimate of drug-likeness (QED) is 0.903. The van der Waals surface area contributed by atoms with Crippen molar-refractivity contribution in [3.8, 4) is 5.75 Å². The van der Waals surface area contributed by atoms with E-state index in [4.69, 9.17) is 16.3 Å². The average Bonchev–Trinajstić information content (AvgIpc) is 3.06. The van der Waals surface area contributed by atoms with Gasteiger partial charge >= 0.3 is 0 Å². The number of nitrogens with zero attached hydrogens (tertiary/aromatic N) is 2. The molecule has 5 nitrogen and oxygen atoms in total. The number of hydrogen-bond acceptors (Lipinski definition) is 4. The van der Waals surface area contributed by atoms with E-state index < -0.39 is 0 Å². The largest absolute Gasteiger partial charge is 0.490 e. The maximum atomic E-state index is 13.0. The molecule has 2 aliphatic rings. The van der Waals surface area contributed by atoms with Gasteiger partial charge in [0.2, 0.25) is 0 Å². The van der Waals surface area contributed by atoms with Crippen LogP contribution in [-0.2, 0) is 0 Å². The topological polar surface area (TPSA) is 44.8 Å². The molecule has 3 rings (SSSR count). The fourth-order valence-corrected chi connectivity index (χ4v) is 3.64. The number of halogens is 1. The van der Waals surface area contributed by atoms with Crippen molar-refractivity contribution in [1.82, 2.24) is 15.1 Å². The van der Waals surface area contributed by atoms with E-state index >= 15 is 0 Å². The van der Waals surface area contributed by atoms with E-state index in [0.717, 1.165) is 45.7 Å². The fraction of sp³-hybridized carbons (Fsp3) is 0.611. The number of likely N-dealkylation sites (tertiary alicyclic amines) is 1. The number of amides is 1. The lowest BCUT2D eigenvalue weighted by molar-refractivity contribution is 0.0767. The summed E-state index contributed by atoms with van der Waals surface area (Å²) in [4.78, 5) is 17.4. The second kappa shape index (κ2) is 7.72. The highest BCUT2D eigenvalue weighted by atomic mass is 35.5. The smallest absolute Gasteiger partial charge is 0.257 e. The summed E-state index contributed by atoms with van der Waals surface area (Å²) >= 11 is 6.11. The van der Waals surface area contributed by atoms with Crippen LogP contribution in [0, 0.1) is 0 Å². The summed E-state index contributed by atoms with van der Waals surface area (Å²) < 4.78 is 5.80. The van der Waals surface area contributed by atoms with Crippen LogP contribution < -0.4 is 10.1 Å². The molecule has 0 aromatic heterocycles. The number of rotatable bonds is 4. The molecule has 1 amide bonds. The zero-order chi connectivity index (χ0) is 17.1. The monoisotopic (exact) mass is 351 g/mol. The Kier molecular flexibility index (Phi) is 5.64. The molecular weight excluding hydrogens is 326 g/mol. The normalized spacial score (nSPS) is 22.2. The summed E-state index contributed by atoms with van der Waals surface area (Å²) in [6.45, 7) is 9.68. The molecule has 1 aromatic carbocycles. The molecule has 2 heterocycles. The highest BCUT2D eigenvalue weighted by molar-refractivity contribution is 6.31. The molecule has 1 atom stereocenters. The van der Waals surface area contributed by atoms with Crippen molar-refractivity contribution in [2.45, 2.75) is 32.4 Å². The molecule has 1 aromatic rings. The van der Waals surface area contributed by atoms with Crippen LogP contribution in [0.4, 0.5) is 0 Å². The third kappa shape index (κ3) is 4.02. The van der Waals surface area contributed by atoms with Gasteiger partial charge in [0, 0.05) is 50.3 Å². The minimum absolute atomic E-state index is 0.0184. The van der Waals surface area contributed by atoms with Crippen molar-refractivity contribution in [3.05, 3.63) is 28.8 Å². The Hall–Kier alpha value is -1.30. The SMILES string of the molecule is CC(C)Oc1ccc(Cl)cc1C(=O)N1CCC(N2CCNCC2)C1. The van der Waals surface area contributed by atoms with Crippen LogP contribution >= 0.6 is 11.6 Å². The molecule has 1 N–H and O–H groups in total. The molecule has 0 saturated carbocycles. The van der Waals surface area contributed by atoms with Crippen LogP contribution in [0.25, 0.3) is 0 Å². The summed E-state index contributed by atoms with van der Waals surface area (Å²) in [5, 5.41) is 3.94. The molecule has 0 radical (unpaired) electrons. The van der Waals surface area contributed by atoms with Crippen molar-refractivity contribution in [1.29, 1.82) is 0 Å². The average molecular weight is 352 g/mol. The van der Waals surface area contributed by atoms with Crippen molar-refractivity contribution in [2.75, 3.05) is 39.3 Å². The number of hydrogen-bond donors (Lipinski definition) is 1. The first-order valence-corrected chi connectivity index (χ1v) is 9.12. The standard InChI is InChI=1S/C18H26ClN3O2/c1-13(2)24-17-4-3-14(19)11-16(17)18(23)22-8-5-15(12-22)21-9-6-20-7-10-21/h3-4,11,13,15,20H,5-10,12H2,1-2H3. The maximum absolute atomic E-state index is 13.0. The molecule has 0 aliphatic carbocycles. The highest BCUT2D eigenvalue weighted by Crippen LogP contribution is 2.27. The van der Waals surface area contributed by atoms with Crippen molar-refractivity contribution in [2.24, 2.45) is 0 Å². The van der Waals surface area contributed by atoms with E-state index in [9.17, 15) is 4.79 Å². The van der Waals surface area contributed by atoms with E-state index in [-0.39, 0.29) is 12.0 Å². The maximum Gasteiger partial charge on any atom is 0.257 e. The second-order valence-corrected chi connectivity index (χ2v) is 7.22. The first kappa shape index (κ1) is 17.5. The number of nitrogens with one attached hydrogen (secondary N) is 1. The number of ether oxygens (including phenoxy) is 1. The molecule has 1 unspecified atom stereocenters. The van der Waals surface area contributed by atoms with Crippen LogP contribution in [-0.4, -0.2) is 67.1 Å². The van der Waals surface area contributed by atoms with Crippen LogP contribution in [0.2, 0.25) is 5.02 Å².